The predicted octanol–water partition coefficient (Wildman–Crippen LogP) is 0.570. The molecule has 1 amide bonds. The monoisotopic (exact) mass is 251 g/mol. The first-order chi connectivity index (χ1) is 8.83. The Morgan fingerprint density at radius 3 is 3.17 bits per heavy atom. The van der Waals surface area contributed by atoms with Crippen LogP contribution in [0.4, 0.5) is 0 Å². The molecule has 1 fully saturated rings. The lowest BCUT2D eigenvalue weighted by molar-refractivity contribution is 0.0753. The Labute approximate surface area is 108 Å². The lowest BCUT2D eigenvalue weighted by Gasteiger charge is -2.20. The second-order valence-corrected chi connectivity index (χ2v) is 4.48. The maximum absolute atomic E-state index is 12.4. The third kappa shape index (κ3) is 3.11. The van der Waals surface area contributed by atoms with E-state index in [1.54, 1.807) is 7.11 Å². The van der Waals surface area contributed by atoms with Crippen LogP contribution in [0.1, 0.15) is 16.9 Å². The third-order valence-corrected chi connectivity index (χ3v) is 3.21. The highest BCUT2D eigenvalue weighted by atomic mass is 16.5. The molecule has 1 aliphatic heterocycles. The fraction of sp³-hybridized carbons (Fsp3) is 0.615. The number of rotatable bonds is 4. The van der Waals surface area contributed by atoms with Crippen molar-refractivity contribution >= 4 is 5.91 Å². The summed E-state index contributed by atoms with van der Waals surface area (Å²) < 4.78 is 7.02. The van der Waals surface area contributed by atoms with Crippen LogP contribution in [0.3, 0.4) is 0 Å². The quantitative estimate of drug-likeness (QED) is 0.851. The number of hydrogen-bond acceptors (Lipinski definition) is 3. The van der Waals surface area contributed by atoms with Crippen LogP contribution in [0.25, 0.3) is 0 Å². The maximum atomic E-state index is 12.4. The Hall–Kier alpha value is -1.33. The second-order valence-electron chi connectivity index (χ2n) is 4.48. The number of hydrogen-bond donors (Lipinski definition) is 1. The summed E-state index contributed by atoms with van der Waals surface area (Å²) in [5.74, 6) is 0.125. The number of methoxy groups -OCH3 is 1. The minimum atomic E-state index is 0.125. The Balaban J connectivity index is 2.05. The molecule has 0 aromatic carbocycles. The van der Waals surface area contributed by atoms with Gasteiger partial charge in [-0.2, -0.15) is 0 Å². The minimum Gasteiger partial charge on any atom is -0.383 e. The predicted molar refractivity (Wildman–Crippen MR) is 69.7 cm³/mol. The van der Waals surface area contributed by atoms with Crippen LogP contribution in [-0.2, 0) is 11.3 Å². The Morgan fingerprint density at radius 1 is 1.44 bits per heavy atom. The smallest absolute Gasteiger partial charge is 0.270 e. The van der Waals surface area contributed by atoms with Crippen molar-refractivity contribution in [2.24, 2.45) is 0 Å². The van der Waals surface area contributed by atoms with Crippen molar-refractivity contribution in [2.75, 3.05) is 39.9 Å². The van der Waals surface area contributed by atoms with E-state index in [1.165, 1.54) is 0 Å². The zero-order chi connectivity index (χ0) is 12.8. The van der Waals surface area contributed by atoms with E-state index < -0.39 is 0 Å². The molecule has 0 radical (unpaired) electrons. The van der Waals surface area contributed by atoms with Gasteiger partial charge in [-0.3, -0.25) is 4.79 Å². The molecule has 18 heavy (non-hydrogen) atoms. The van der Waals surface area contributed by atoms with E-state index in [2.05, 4.69) is 5.32 Å². The van der Waals surface area contributed by atoms with Gasteiger partial charge in [0.1, 0.15) is 5.69 Å². The summed E-state index contributed by atoms with van der Waals surface area (Å²) in [5.41, 5.74) is 0.758. The fourth-order valence-corrected chi connectivity index (χ4v) is 2.20. The van der Waals surface area contributed by atoms with E-state index in [1.807, 2.05) is 27.8 Å². The third-order valence-electron chi connectivity index (χ3n) is 3.21. The first-order valence-electron chi connectivity index (χ1n) is 6.47. The Morgan fingerprint density at radius 2 is 2.33 bits per heavy atom. The molecule has 5 nitrogen and oxygen atoms in total. The van der Waals surface area contributed by atoms with Crippen molar-refractivity contribution in [2.45, 2.75) is 13.0 Å². The highest BCUT2D eigenvalue weighted by Crippen LogP contribution is 2.08. The summed E-state index contributed by atoms with van der Waals surface area (Å²) in [4.78, 5) is 14.4. The van der Waals surface area contributed by atoms with Crippen LogP contribution in [0.15, 0.2) is 18.3 Å². The molecular formula is C13H21N3O2. The van der Waals surface area contributed by atoms with Crippen molar-refractivity contribution in [3.05, 3.63) is 24.0 Å². The summed E-state index contributed by atoms with van der Waals surface area (Å²) in [5, 5.41) is 3.31. The molecule has 1 aromatic heterocycles. The summed E-state index contributed by atoms with van der Waals surface area (Å²) in [6.45, 7) is 4.84. The average molecular weight is 251 g/mol. The van der Waals surface area contributed by atoms with E-state index >= 15 is 0 Å². The van der Waals surface area contributed by atoms with Crippen LogP contribution in [-0.4, -0.2) is 55.3 Å². The molecule has 1 aliphatic rings. The Kier molecular flexibility index (Phi) is 4.78. The molecule has 1 aromatic rings. The van der Waals surface area contributed by atoms with Crippen LogP contribution in [0.2, 0.25) is 0 Å². The van der Waals surface area contributed by atoms with E-state index in [9.17, 15) is 4.79 Å². The van der Waals surface area contributed by atoms with E-state index in [-0.39, 0.29) is 5.91 Å². The normalized spacial score (nSPS) is 16.6. The number of amides is 1. The number of carbonyl (C=O) groups excluding carboxylic acids is 1. The van der Waals surface area contributed by atoms with Crippen LogP contribution in [0.5, 0.6) is 0 Å². The van der Waals surface area contributed by atoms with E-state index in [0.717, 1.165) is 44.8 Å². The van der Waals surface area contributed by atoms with Crippen LogP contribution in [0, 0.1) is 0 Å². The van der Waals surface area contributed by atoms with Crippen molar-refractivity contribution in [3.63, 3.8) is 0 Å². The zero-order valence-corrected chi connectivity index (χ0v) is 10.9. The molecule has 0 saturated carbocycles. The SMILES string of the molecule is COCCn1cccc1C(=O)N1CCCNCC1. The van der Waals surface area contributed by atoms with Gasteiger partial charge in [0.2, 0.25) is 0 Å². The number of nitrogens with one attached hydrogen (secondary N) is 1. The van der Waals surface area contributed by atoms with Gasteiger partial charge < -0.3 is 19.5 Å². The zero-order valence-electron chi connectivity index (χ0n) is 10.9. The van der Waals surface area contributed by atoms with Gasteiger partial charge in [0.15, 0.2) is 0 Å². The van der Waals surface area contributed by atoms with Crippen molar-refractivity contribution in [3.8, 4) is 0 Å². The average Bonchev–Trinajstić information content (AvgIpc) is 2.68. The highest BCUT2D eigenvalue weighted by Gasteiger charge is 2.19. The summed E-state index contributed by atoms with van der Waals surface area (Å²) in [7, 11) is 1.67. The van der Waals surface area contributed by atoms with Gasteiger partial charge in [-0.25, -0.2) is 0 Å². The van der Waals surface area contributed by atoms with Gasteiger partial charge in [0.25, 0.3) is 5.91 Å². The lowest BCUT2D eigenvalue weighted by Crippen LogP contribution is -2.35. The van der Waals surface area contributed by atoms with Crippen molar-refractivity contribution in [1.82, 2.24) is 14.8 Å². The molecule has 0 unspecified atom stereocenters. The molecule has 0 bridgehead atoms. The summed E-state index contributed by atoms with van der Waals surface area (Å²) in [6, 6.07) is 3.80. The molecule has 1 N–H and O–H groups in total. The molecule has 0 atom stereocenters. The first-order valence-corrected chi connectivity index (χ1v) is 6.47. The number of ether oxygens (including phenoxy) is 1. The molecule has 5 heteroatoms. The number of aromatic nitrogens is 1. The molecule has 0 spiro atoms. The van der Waals surface area contributed by atoms with Gasteiger partial charge in [-0.15, -0.1) is 0 Å². The molecule has 0 aliphatic carbocycles. The molecule has 100 valence electrons. The molecular weight excluding hydrogens is 230 g/mol. The summed E-state index contributed by atoms with van der Waals surface area (Å²) >= 11 is 0. The van der Waals surface area contributed by atoms with Crippen molar-refractivity contribution in [1.29, 1.82) is 0 Å². The molecule has 2 heterocycles. The molecule has 2 rings (SSSR count). The minimum absolute atomic E-state index is 0.125. The lowest BCUT2D eigenvalue weighted by atomic mass is 10.3. The Bertz CT molecular complexity index is 381. The topological polar surface area (TPSA) is 46.5 Å². The van der Waals surface area contributed by atoms with Gasteiger partial charge in [0.05, 0.1) is 6.61 Å². The van der Waals surface area contributed by atoms with Gasteiger partial charge in [-0.05, 0) is 25.1 Å². The van der Waals surface area contributed by atoms with Gasteiger partial charge >= 0.3 is 0 Å². The summed E-state index contributed by atoms with van der Waals surface area (Å²) in [6.07, 6.45) is 2.95. The second kappa shape index (κ2) is 6.56. The highest BCUT2D eigenvalue weighted by molar-refractivity contribution is 5.92. The van der Waals surface area contributed by atoms with Crippen LogP contribution < -0.4 is 5.32 Å². The number of nitrogens with zero attached hydrogens (tertiary/aromatic N) is 2. The molecule has 1 saturated heterocycles. The number of carbonyl (C=O) groups is 1. The van der Waals surface area contributed by atoms with Gasteiger partial charge in [-0.1, -0.05) is 0 Å². The van der Waals surface area contributed by atoms with Crippen LogP contribution >= 0.6 is 0 Å². The van der Waals surface area contributed by atoms with E-state index in [4.69, 9.17) is 4.74 Å². The maximum Gasteiger partial charge on any atom is 0.270 e. The fourth-order valence-electron chi connectivity index (χ4n) is 2.20. The van der Waals surface area contributed by atoms with Crippen molar-refractivity contribution < 1.29 is 9.53 Å². The largest absolute Gasteiger partial charge is 0.383 e. The van der Waals surface area contributed by atoms with E-state index in [0.29, 0.717) is 6.61 Å². The standard InChI is InChI=1S/C13H21N3O2/c1-18-11-10-15-7-2-4-12(15)13(17)16-8-3-5-14-6-9-16/h2,4,7,14H,3,5-6,8-11H2,1H3. The van der Waals surface area contributed by atoms with Gasteiger partial charge in [0, 0.05) is 39.5 Å². The first kappa shape index (κ1) is 13.1.